The first-order chi connectivity index (χ1) is 14.5. The molecule has 3 rings (SSSR count). The number of ether oxygens (including phenoxy) is 4. The van der Waals surface area contributed by atoms with Gasteiger partial charge < -0.3 is 18.9 Å². The van der Waals surface area contributed by atoms with Crippen molar-refractivity contribution < 1.29 is 28.5 Å². The van der Waals surface area contributed by atoms with Crippen LogP contribution < -0.4 is 14.2 Å². The highest BCUT2D eigenvalue weighted by Crippen LogP contribution is 2.33. The lowest BCUT2D eigenvalue weighted by Crippen LogP contribution is -2.47. The summed E-state index contributed by atoms with van der Waals surface area (Å²) in [5, 5.41) is 0. The number of methoxy groups -OCH3 is 4. The average molecular weight is 411 g/mol. The number of rotatable bonds is 6. The molecule has 2 aromatic carbocycles. The van der Waals surface area contributed by atoms with Gasteiger partial charge in [0.15, 0.2) is 5.78 Å². The number of benzene rings is 2. The van der Waals surface area contributed by atoms with Crippen LogP contribution in [0.2, 0.25) is 0 Å². The summed E-state index contributed by atoms with van der Waals surface area (Å²) < 4.78 is 21.0. The molecule has 30 heavy (non-hydrogen) atoms. The van der Waals surface area contributed by atoms with Crippen LogP contribution in [-0.2, 0) is 16.0 Å². The SMILES string of the molecule is COC(=O)N1CC(=O)C=C(c2cccc(OC)c2)C1Cc1cc(OC)cc(OC)c1. The first kappa shape index (κ1) is 21.2. The molecule has 1 aliphatic rings. The summed E-state index contributed by atoms with van der Waals surface area (Å²) in [6.45, 7) is -0.0497. The number of carbonyl (C=O) groups is 2. The maximum Gasteiger partial charge on any atom is 0.410 e. The monoisotopic (exact) mass is 411 g/mol. The Morgan fingerprint density at radius 3 is 2.23 bits per heavy atom. The van der Waals surface area contributed by atoms with E-state index >= 15 is 0 Å². The molecule has 158 valence electrons. The van der Waals surface area contributed by atoms with Gasteiger partial charge in [-0.05, 0) is 53.5 Å². The van der Waals surface area contributed by atoms with Crippen molar-refractivity contribution in [3.8, 4) is 17.2 Å². The van der Waals surface area contributed by atoms with E-state index in [9.17, 15) is 9.59 Å². The molecule has 0 N–H and O–H groups in total. The average Bonchev–Trinajstić information content (AvgIpc) is 2.78. The summed E-state index contributed by atoms with van der Waals surface area (Å²) in [5.74, 6) is 1.79. The van der Waals surface area contributed by atoms with E-state index in [0.717, 1.165) is 16.7 Å². The van der Waals surface area contributed by atoms with Gasteiger partial charge in [0.25, 0.3) is 0 Å². The number of amides is 1. The van der Waals surface area contributed by atoms with Gasteiger partial charge in [0.2, 0.25) is 0 Å². The molecule has 0 saturated carbocycles. The van der Waals surface area contributed by atoms with Gasteiger partial charge in [-0.2, -0.15) is 0 Å². The van der Waals surface area contributed by atoms with Crippen molar-refractivity contribution in [2.24, 2.45) is 0 Å². The smallest absolute Gasteiger partial charge is 0.410 e. The fourth-order valence-corrected chi connectivity index (χ4v) is 3.58. The van der Waals surface area contributed by atoms with Gasteiger partial charge in [-0.15, -0.1) is 0 Å². The molecule has 1 heterocycles. The predicted octanol–water partition coefficient (Wildman–Crippen LogP) is 3.36. The quantitative estimate of drug-likeness (QED) is 0.726. The highest BCUT2D eigenvalue weighted by atomic mass is 16.5. The van der Waals surface area contributed by atoms with Crippen molar-refractivity contribution in [2.75, 3.05) is 35.0 Å². The maximum absolute atomic E-state index is 12.5. The van der Waals surface area contributed by atoms with Crippen molar-refractivity contribution in [2.45, 2.75) is 12.5 Å². The van der Waals surface area contributed by atoms with Crippen LogP contribution in [0.5, 0.6) is 17.2 Å². The second-order valence-corrected chi connectivity index (χ2v) is 6.84. The second-order valence-electron chi connectivity index (χ2n) is 6.84. The van der Waals surface area contributed by atoms with Gasteiger partial charge in [0, 0.05) is 6.07 Å². The zero-order valence-corrected chi connectivity index (χ0v) is 17.5. The Morgan fingerprint density at radius 2 is 1.63 bits per heavy atom. The van der Waals surface area contributed by atoms with Gasteiger partial charge in [0.1, 0.15) is 17.2 Å². The lowest BCUT2D eigenvalue weighted by Gasteiger charge is -2.35. The molecule has 0 aromatic heterocycles. The Balaban J connectivity index is 2.07. The molecule has 0 radical (unpaired) electrons. The van der Waals surface area contributed by atoms with Crippen LogP contribution in [0.4, 0.5) is 4.79 Å². The van der Waals surface area contributed by atoms with Gasteiger partial charge in [-0.3, -0.25) is 9.69 Å². The Morgan fingerprint density at radius 1 is 0.967 bits per heavy atom. The Hall–Kier alpha value is -3.48. The minimum atomic E-state index is -0.559. The molecule has 0 bridgehead atoms. The van der Waals surface area contributed by atoms with Gasteiger partial charge in [-0.25, -0.2) is 4.79 Å². The van der Waals surface area contributed by atoms with Crippen LogP contribution in [0.15, 0.2) is 48.5 Å². The molecule has 0 aliphatic carbocycles. The summed E-state index contributed by atoms with van der Waals surface area (Å²) in [4.78, 5) is 26.4. The lowest BCUT2D eigenvalue weighted by atomic mass is 9.88. The summed E-state index contributed by atoms with van der Waals surface area (Å²) in [7, 11) is 6.06. The topological polar surface area (TPSA) is 74.3 Å². The molecule has 7 heteroatoms. The van der Waals surface area contributed by atoms with Crippen LogP contribution in [0.3, 0.4) is 0 Å². The Bertz CT molecular complexity index is 946. The van der Waals surface area contributed by atoms with E-state index in [1.807, 2.05) is 36.4 Å². The largest absolute Gasteiger partial charge is 0.497 e. The van der Waals surface area contributed by atoms with E-state index in [4.69, 9.17) is 18.9 Å². The third kappa shape index (κ3) is 4.56. The van der Waals surface area contributed by atoms with Gasteiger partial charge >= 0.3 is 6.09 Å². The Kier molecular flexibility index (Phi) is 6.61. The molecule has 1 aliphatic heterocycles. The molecule has 0 saturated heterocycles. The summed E-state index contributed by atoms with van der Waals surface area (Å²) in [6, 6.07) is 12.6. The van der Waals surface area contributed by atoms with Crippen LogP contribution in [0.1, 0.15) is 11.1 Å². The van der Waals surface area contributed by atoms with Crippen LogP contribution >= 0.6 is 0 Å². The second kappa shape index (κ2) is 9.35. The molecular formula is C23H25NO6. The summed E-state index contributed by atoms with van der Waals surface area (Å²) >= 11 is 0. The van der Waals surface area contributed by atoms with Crippen molar-refractivity contribution >= 4 is 17.4 Å². The first-order valence-electron chi connectivity index (χ1n) is 9.44. The van der Waals surface area contributed by atoms with Crippen LogP contribution in [0.25, 0.3) is 5.57 Å². The predicted molar refractivity (Wildman–Crippen MR) is 112 cm³/mol. The normalized spacial score (nSPS) is 16.0. The minimum absolute atomic E-state index is 0.0497. The minimum Gasteiger partial charge on any atom is -0.497 e. The number of carbonyl (C=O) groups excluding carboxylic acids is 2. The third-order valence-corrected chi connectivity index (χ3v) is 5.03. The highest BCUT2D eigenvalue weighted by Gasteiger charge is 2.34. The third-order valence-electron chi connectivity index (χ3n) is 5.03. The number of hydrogen-bond donors (Lipinski definition) is 0. The molecule has 0 fully saturated rings. The molecule has 7 nitrogen and oxygen atoms in total. The van der Waals surface area contributed by atoms with Gasteiger partial charge in [-0.1, -0.05) is 12.1 Å². The number of nitrogens with zero attached hydrogens (tertiary/aromatic N) is 1. The van der Waals surface area contributed by atoms with Crippen LogP contribution in [-0.4, -0.2) is 57.8 Å². The summed E-state index contributed by atoms with van der Waals surface area (Å²) in [6.07, 6.45) is 1.48. The first-order valence-corrected chi connectivity index (χ1v) is 9.44. The van der Waals surface area contributed by atoms with Crippen molar-refractivity contribution in [1.82, 2.24) is 4.90 Å². The summed E-state index contributed by atoms with van der Waals surface area (Å²) in [5.41, 5.74) is 2.42. The van der Waals surface area contributed by atoms with Crippen molar-refractivity contribution in [3.05, 3.63) is 59.7 Å². The molecule has 1 atom stereocenters. The zero-order valence-electron chi connectivity index (χ0n) is 17.5. The van der Waals surface area contributed by atoms with Crippen molar-refractivity contribution in [1.29, 1.82) is 0 Å². The van der Waals surface area contributed by atoms with E-state index in [0.29, 0.717) is 23.7 Å². The fraction of sp³-hybridized carbons (Fsp3) is 0.304. The van der Waals surface area contributed by atoms with Crippen LogP contribution in [0, 0.1) is 0 Å². The molecule has 1 amide bonds. The fourth-order valence-electron chi connectivity index (χ4n) is 3.58. The zero-order chi connectivity index (χ0) is 21.7. The maximum atomic E-state index is 12.5. The van der Waals surface area contributed by atoms with Gasteiger partial charge in [0.05, 0.1) is 41.0 Å². The highest BCUT2D eigenvalue weighted by molar-refractivity contribution is 6.03. The van der Waals surface area contributed by atoms with E-state index in [1.54, 1.807) is 33.5 Å². The number of hydrogen-bond acceptors (Lipinski definition) is 6. The standard InChI is InChI=1S/C23H25NO6/c1-27-18-7-5-6-16(11-18)21-12-17(25)14-24(23(26)30-4)22(21)10-15-8-19(28-2)13-20(9-15)29-3/h5-9,11-13,22H,10,14H2,1-4H3. The molecule has 1 unspecified atom stereocenters. The van der Waals surface area contributed by atoms with E-state index in [1.165, 1.54) is 12.0 Å². The lowest BCUT2D eigenvalue weighted by molar-refractivity contribution is -0.116. The number of ketones is 1. The van der Waals surface area contributed by atoms with E-state index < -0.39 is 12.1 Å². The Labute approximate surface area is 175 Å². The molecule has 0 spiro atoms. The van der Waals surface area contributed by atoms with E-state index in [2.05, 4.69) is 0 Å². The molecule has 2 aromatic rings. The molecular weight excluding hydrogens is 386 g/mol. The van der Waals surface area contributed by atoms with E-state index in [-0.39, 0.29) is 12.3 Å². The van der Waals surface area contributed by atoms with Crippen molar-refractivity contribution in [3.63, 3.8) is 0 Å².